The van der Waals surface area contributed by atoms with E-state index in [1.807, 2.05) is 6.08 Å². The number of nitrogens with one attached hydrogen (secondary N) is 1. The Hall–Kier alpha value is -1.32. The van der Waals surface area contributed by atoms with E-state index >= 15 is 0 Å². The molecule has 15 heavy (non-hydrogen) atoms. The fraction of sp³-hybridized carbons (Fsp3) is 0.636. The van der Waals surface area contributed by atoms with E-state index in [9.17, 15) is 9.59 Å². The molecule has 82 valence electrons. The Morgan fingerprint density at radius 3 is 2.60 bits per heavy atom. The van der Waals surface area contributed by atoms with Crippen molar-refractivity contribution in [1.29, 1.82) is 0 Å². The van der Waals surface area contributed by atoms with Crippen molar-refractivity contribution in [1.82, 2.24) is 5.32 Å². The molecule has 4 heteroatoms. The lowest BCUT2D eigenvalue weighted by molar-refractivity contribution is -0.152. The summed E-state index contributed by atoms with van der Waals surface area (Å²) in [5.74, 6) is -0.00398. The Kier molecular flexibility index (Phi) is 2.29. The maximum absolute atomic E-state index is 11.8. The third kappa shape index (κ3) is 1.44. The molecule has 0 aromatic rings. The quantitative estimate of drug-likeness (QED) is 0.536. The van der Waals surface area contributed by atoms with Crippen LogP contribution in [0.25, 0.3) is 0 Å². The maximum atomic E-state index is 11.8. The SMILES string of the molecule is COC(=O)[C@]1(NC(C)=O)C[C@H]2C=C[C@H]1C2. The molecule has 1 saturated carbocycles. The first kappa shape index (κ1) is 10.2. The summed E-state index contributed by atoms with van der Waals surface area (Å²) in [5, 5.41) is 2.77. The minimum Gasteiger partial charge on any atom is -0.467 e. The molecule has 0 aromatic carbocycles. The van der Waals surface area contributed by atoms with Crippen molar-refractivity contribution >= 4 is 11.9 Å². The van der Waals surface area contributed by atoms with E-state index in [2.05, 4.69) is 11.4 Å². The van der Waals surface area contributed by atoms with Gasteiger partial charge in [0, 0.05) is 12.8 Å². The Balaban J connectivity index is 2.28. The molecule has 0 radical (unpaired) electrons. The third-order valence-corrected chi connectivity index (χ3v) is 3.34. The summed E-state index contributed by atoms with van der Waals surface area (Å²) in [7, 11) is 1.36. The second kappa shape index (κ2) is 3.36. The monoisotopic (exact) mass is 209 g/mol. The minimum atomic E-state index is -0.806. The smallest absolute Gasteiger partial charge is 0.332 e. The van der Waals surface area contributed by atoms with Crippen LogP contribution >= 0.6 is 0 Å². The molecule has 0 saturated heterocycles. The fourth-order valence-corrected chi connectivity index (χ4v) is 2.78. The largest absolute Gasteiger partial charge is 0.467 e. The van der Waals surface area contributed by atoms with Crippen molar-refractivity contribution in [3.8, 4) is 0 Å². The van der Waals surface area contributed by atoms with E-state index in [1.165, 1.54) is 14.0 Å². The first-order chi connectivity index (χ1) is 7.08. The molecule has 4 nitrogen and oxygen atoms in total. The van der Waals surface area contributed by atoms with Crippen LogP contribution in [0.15, 0.2) is 12.2 Å². The molecule has 0 aromatic heterocycles. The molecule has 2 aliphatic rings. The summed E-state index contributed by atoms with van der Waals surface area (Å²) >= 11 is 0. The normalized spacial score (nSPS) is 36.7. The topological polar surface area (TPSA) is 55.4 Å². The van der Waals surface area contributed by atoms with Crippen LogP contribution in [-0.4, -0.2) is 24.5 Å². The summed E-state index contributed by atoms with van der Waals surface area (Å²) in [6, 6.07) is 0. The van der Waals surface area contributed by atoms with Crippen LogP contribution in [0.1, 0.15) is 19.8 Å². The van der Waals surface area contributed by atoms with Gasteiger partial charge in [0.1, 0.15) is 5.54 Å². The number of allylic oxidation sites excluding steroid dienone is 1. The Morgan fingerprint density at radius 2 is 2.20 bits per heavy atom. The highest BCUT2D eigenvalue weighted by molar-refractivity contribution is 5.88. The van der Waals surface area contributed by atoms with Crippen LogP contribution in [0.5, 0.6) is 0 Å². The third-order valence-electron chi connectivity index (χ3n) is 3.34. The number of rotatable bonds is 2. The molecule has 0 unspecified atom stereocenters. The molecule has 2 rings (SSSR count). The summed E-state index contributed by atoms with van der Waals surface area (Å²) in [6.45, 7) is 1.43. The van der Waals surface area contributed by atoms with E-state index in [0.717, 1.165) is 6.42 Å². The van der Waals surface area contributed by atoms with Crippen LogP contribution in [-0.2, 0) is 14.3 Å². The Labute approximate surface area is 88.7 Å². The van der Waals surface area contributed by atoms with Gasteiger partial charge in [-0.15, -0.1) is 0 Å². The number of amides is 1. The van der Waals surface area contributed by atoms with Gasteiger partial charge in [0.15, 0.2) is 0 Å². The highest BCUT2D eigenvalue weighted by Gasteiger charge is 2.55. The van der Waals surface area contributed by atoms with Crippen molar-refractivity contribution in [2.45, 2.75) is 25.3 Å². The van der Waals surface area contributed by atoms with Crippen molar-refractivity contribution in [2.75, 3.05) is 7.11 Å². The highest BCUT2D eigenvalue weighted by Crippen LogP contribution is 2.46. The number of esters is 1. The van der Waals surface area contributed by atoms with Gasteiger partial charge in [-0.1, -0.05) is 12.2 Å². The molecule has 3 atom stereocenters. The minimum absolute atomic E-state index is 0.0962. The van der Waals surface area contributed by atoms with Crippen LogP contribution < -0.4 is 5.32 Å². The van der Waals surface area contributed by atoms with E-state index in [-0.39, 0.29) is 17.8 Å². The molecule has 2 bridgehead atoms. The van der Waals surface area contributed by atoms with Crippen LogP contribution in [0.2, 0.25) is 0 Å². The molecule has 0 heterocycles. The first-order valence-corrected chi connectivity index (χ1v) is 5.14. The number of hydrogen-bond donors (Lipinski definition) is 1. The summed E-state index contributed by atoms with van der Waals surface area (Å²) in [4.78, 5) is 22.9. The predicted molar refractivity (Wildman–Crippen MR) is 53.9 cm³/mol. The standard InChI is InChI=1S/C11H15NO3/c1-7(13)12-11(10(14)15-2)6-8-3-4-9(11)5-8/h3-4,8-9H,5-6H2,1-2H3,(H,12,13)/t8-,9-,11-/m0/s1. The van der Waals surface area contributed by atoms with Crippen molar-refractivity contribution in [2.24, 2.45) is 11.8 Å². The van der Waals surface area contributed by atoms with Crippen LogP contribution in [0.3, 0.4) is 0 Å². The molecule has 0 spiro atoms. The Morgan fingerprint density at radius 1 is 1.47 bits per heavy atom. The zero-order valence-electron chi connectivity index (χ0n) is 8.95. The van der Waals surface area contributed by atoms with E-state index in [0.29, 0.717) is 12.3 Å². The van der Waals surface area contributed by atoms with Gasteiger partial charge in [0.2, 0.25) is 5.91 Å². The second-order valence-corrected chi connectivity index (χ2v) is 4.34. The molecular formula is C11H15NO3. The van der Waals surface area contributed by atoms with E-state index in [1.54, 1.807) is 0 Å². The average Bonchev–Trinajstić information content (AvgIpc) is 2.75. The molecule has 1 amide bonds. The van der Waals surface area contributed by atoms with Gasteiger partial charge in [-0.05, 0) is 18.8 Å². The number of carbonyl (C=O) groups is 2. The number of methoxy groups -OCH3 is 1. The lowest BCUT2D eigenvalue weighted by Gasteiger charge is -2.33. The van der Waals surface area contributed by atoms with Crippen LogP contribution in [0.4, 0.5) is 0 Å². The molecule has 1 fully saturated rings. The van der Waals surface area contributed by atoms with E-state index in [4.69, 9.17) is 4.74 Å². The van der Waals surface area contributed by atoms with Gasteiger partial charge in [0.05, 0.1) is 7.11 Å². The summed E-state index contributed by atoms with van der Waals surface area (Å²) in [6.07, 6.45) is 5.74. The average molecular weight is 209 g/mol. The first-order valence-electron chi connectivity index (χ1n) is 5.14. The molecule has 2 aliphatic carbocycles. The lowest BCUT2D eigenvalue weighted by Crippen LogP contribution is -2.57. The maximum Gasteiger partial charge on any atom is 0.332 e. The van der Waals surface area contributed by atoms with Gasteiger partial charge >= 0.3 is 5.97 Å². The van der Waals surface area contributed by atoms with Crippen molar-refractivity contribution < 1.29 is 14.3 Å². The fourth-order valence-electron chi connectivity index (χ4n) is 2.78. The number of hydrogen-bond acceptors (Lipinski definition) is 3. The van der Waals surface area contributed by atoms with Gasteiger partial charge in [-0.25, -0.2) is 4.79 Å². The number of carbonyl (C=O) groups excluding carboxylic acids is 2. The van der Waals surface area contributed by atoms with Crippen molar-refractivity contribution in [3.05, 3.63) is 12.2 Å². The van der Waals surface area contributed by atoms with Crippen LogP contribution in [0, 0.1) is 11.8 Å². The molecule has 1 N–H and O–H groups in total. The van der Waals surface area contributed by atoms with Gasteiger partial charge in [-0.2, -0.15) is 0 Å². The number of ether oxygens (including phenoxy) is 1. The number of fused-ring (bicyclic) bond motifs is 2. The van der Waals surface area contributed by atoms with Gasteiger partial charge in [0.25, 0.3) is 0 Å². The lowest BCUT2D eigenvalue weighted by atomic mass is 9.84. The Bertz CT molecular complexity index is 337. The predicted octanol–water partition coefficient (Wildman–Crippen LogP) is 0.630. The van der Waals surface area contributed by atoms with Gasteiger partial charge < -0.3 is 10.1 Å². The molecule has 0 aliphatic heterocycles. The molecular weight excluding hydrogens is 194 g/mol. The summed E-state index contributed by atoms with van der Waals surface area (Å²) < 4.78 is 4.80. The zero-order valence-corrected chi connectivity index (χ0v) is 8.95. The zero-order chi connectivity index (χ0) is 11.1. The van der Waals surface area contributed by atoms with E-state index < -0.39 is 5.54 Å². The summed E-state index contributed by atoms with van der Waals surface area (Å²) in [5.41, 5.74) is -0.806. The van der Waals surface area contributed by atoms with Crippen molar-refractivity contribution in [3.63, 3.8) is 0 Å². The van der Waals surface area contributed by atoms with Gasteiger partial charge in [-0.3, -0.25) is 4.79 Å². The highest BCUT2D eigenvalue weighted by atomic mass is 16.5. The second-order valence-electron chi connectivity index (χ2n) is 4.34.